The molecule has 1 aromatic rings. The molecule has 0 radical (unpaired) electrons. The molecule has 6 heteroatoms. The van der Waals surface area contributed by atoms with Crippen molar-refractivity contribution in [1.29, 1.82) is 0 Å². The number of nitrogens with one attached hydrogen (secondary N) is 2. The highest BCUT2D eigenvalue weighted by Crippen LogP contribution is 2.22. The van der Waals surface area contributed by atoms with E-state index < -0.39 is 5.97 Å². The summed E-state index contributed by atoms with van der Waals surface area (Å²) in [6.07, 6.45) is 2.61. The average molecular weight is 297 g/mol. The lowest BCUT2D eigenvalue weighted by molar-refractivity contribution is -0.117. The topological polar surface area (TPSA) is 78.4 Å². The van der Waals surface area contributed by atoms with Gasteiger partial charge in [-0.1, -0.05) is 11.6 Å². The zero-order chi connectivity index (χ0) is 14.5. The quantitative estimate of drug-likeness (QED) is 0.797. The van der Waals surface area contributed by atoms with Crippen LogP contribution in [0.5, 0.6) is 0 Å². The van der Waals surface area contributed by atoms with Gasteiger partial charge in [-0.25, -0.2) is 4.79 Å². The molecule has 5 nitrogen and oxygen atoms in total. The Morgan fingerprint density at radius 3 is 2.85 bits per heavy atom. The molecule has 1 unspecified atom stereocenters. The highest BCUT2D eigenvalue weighted by atomic mass is 35.5. The fourth-order valence-electron chi connectivity index (χ4n) is 2.34. The maximum Gasteiger partial charge on any atom is 0.337 e. The van der Waals surface area contributed by atoms with Gasteiger partial charge in [-0.15, -0.1) is 0 Å². The highest BCUT2D eigenvalue weighted by Gasteiger charge is 2.17. The number of carbonyl (C=O) groups excluding carboxylic acids is 1. The van der Waals surface area contributed by atoms with Gasteiger partial charge in [0.1, 0.15) is 0 Å². The molecule has 1 aliphatic heterocycles. The Balaban J connectivity index is 1.93. The Labute approximate surface area is 122 Å². The Bertz CT molecular complexity index is 513. The van der Waals surface area contributed by atoms with Crippen LogP contribution in [0.4, 0.5) is 5.69 Å². The van der Waals surface area contributed by atoms with E-state index in [4.69, 9.17) is 16.7 Å². The third kappa shape index (κ3) is 3.95. The number of aromatic carboxylic acids is 1. The van der Waals surface area contributed by atoms with Gasteiger partial charge in [0.2, 0.25) is 5.91 Å². The Morgan fingerprint density at radius 2 is 2.25 bits per heavy atom. The van der Waals surface area contributed by atoms with Crippen molar-refractivity contribution in [3.8, 4) is 0 Å². The summed E-state index contributed by atoms with van der Waals surface area (Å²) < 4.78 is 0. The molecule has 108 valence electrons. The van der Waals surface area contributed by atoms with Crippen LogP contribution < -0.4 is 10.6 Å². The van der Waals surface area contributed by atoms with E-state index in [0.29, 0.717) is 18.0 Å². The van der Waals surface area contributed by atoms with Crippen molar-refractivity contribution in [2.75, 3.05) is 18.4 Å². The molecule has 1 fully saturated rings. The highest BCUT2D eigenvalue weighted by molar-refractivity contribution is 6.33. The molecule has 1 atom stereocenters. The van der Waals surface area contributed by atoms with E-state index in [1.807, 2.05) is 0 Å². The van der Waals surface area contributed by atoms with Crippen LogP contribution in [0.3, 0.4) is 0 Å². The van der Waals surface area contributed by atoms with E-state index in [2.05, 4.69) is 10.6 Å². The van der Waals surface area contributed by atoms with Gasteiger partial charge >= 0.3 is 5.97 Å². The van der Waals surface area contributed by atoms with Crippen molar-refractivity contribution < 1.29 is 14.7 Å². The van der Waals surface area contributed by atoms with Gasteiger partial charge in [-0.3, -0.25) is 4.79 Å². The maximum atomic E-state index is 11.9. The molecular weight excluding hydrogens is 280 g/mol. The fraction of sp³-hybridized carbons (Fsp3) is 0.429. The van der Waals surface area contributed by atoms with Gasteiger partial charge in [-0.2, -0.15) is 0 Å². The van der Waals surface area contributed by atoms with Crippen molar-refractivity contribution in [2.24, 2.45) is 5.92 Å². The van der Waals surface area contributed by atoms with Crippen LogP contribution in [0.1, 0.15) is 29.6 Å². The fourth-order valence-corrected chi connectivity index (χ4v) is 2.60. The van der Waals surface area contributed by atoms with Gasteiger partial charge in [0.15, 0.2) is 0 Å². The van der Waals surface area contributed by atoms with Crippen LogP contribution in [0, 0.1) is 5.92 Å². The SMILES string of the molecule is O=C(CC1CCCNC1)Nc1ccc(C(=O)O)c(Cl)c1. The van der Waals surface area contributed by atoms with Crippen LogP contribution in [-0.4, -0.2) is 30.1 Å². The molecule has 0 spiro atoms. The lowest BCUT2D eigenvalue weighted by Crippen LogP contribution is -2.32. The van der Waals surface area contributed by atoms with Gasteiger partial charge in [0, 0.05) is 12.1 Å². The second-order valence-electron chi connectivity index (χ2n) is 4.96. The zero-order valence-electron chi connectivity index (χ0n) is 11.0. The summed E-state index contributed by atoms with van der Waals surface area (Å²) in [4.78, 5) is 22.8. The Kier molecular flexibility index (Phi) is 4.98. The molecule has 1 heterocycles. The van der Waals surface area contributed by atoms with Crippen LogP contribution in [0.25, 0.3) is 0 Å². The van der Waals surface area contributed by atoms with Crippen LogP contribution in [0.2, 0.25) is 5.02 Å². The predicted octanol–water partition coefficient (Wildman–Crippen LogP) is 2.37. The predicted molar refractivity (Wildman–Crippen MR) is 77.3 cm³/mol. The van der Waals surface area contributed by atoms with Crippen LogP contribution in [-0.2, 0) is 4.79 Å². The van der Waals surface area contributed by atoms with E-state index in [1.54, 1.807) is 6.07 Å². The summed E-state index contributed by atoms with van der Waals surface area (Å²) in [6.45, 7) is 1.89. The first-order valence-electron chi connectivity index (χ1n) is 6.59. The van der Waals surface area contributed by atoms with Crippen molar-refractivity contribution in [1.82, 2.24) is 5.32 Å². The third-order valence-corrected chi connectivity index (χ3v) is 3.67. The first-order valence-corrected chi connectivity index (χ1v) is 6.97. The minimum absolute atomic E-state index is 0.0288. The van der Waals surface area contributed by atoms with Crippen molar-refractivity contribution in [3.63, 3.8) is 0 Å². The second-order valence-corrected chi connectivity index (χ2v) is 5.37. The largest absolute Gasteiger partial charge is 0.478 e. The molecule has 1 saturated heterocycles. The monoisotopic (exact) mass is 296 g/mol. The minimum Gasteiger partial charge on any atom is -0.478 e. The number of carboxylic acid groups (broad SMARTS) is 1. The minimum atomic E-state index is -1.08. The number of rotatable bonds is 4. The summed E-state index contributed by atoms with van der Waals surface area (Å²) >= 11 is 5.86. The van der Waals surface area contributed by atoms with E-state index >= 15 is 0 Å². The molecule has 3 N–H and O–H groups in total. The number of piperidine rings is 1. The number of amides is 1. The molecule has 0 aromatic heterocycles. The van der Waals surface area contributed by atoms with E-state index in [0.717, 1.165) is 25.9 Å². The number of halogens is 1. The molecule has 0 bridgehead atoms. The molecule has 20 heavy (non-hydrogen) atoms. The maximum absolute atomic E-state index is 11.9. The molecule has 0 aliphatic carbocycles. The van der Waals surface area contributed by atoms with Crippen molar-refractivity contribution >= 4 is 29.2 Å². The van der Waals surface area contributed by atoms with Crippen molar-refractivity contribution in [3.05, 3.63) is 28.8 Å². The zero-order valence-corrected chi connectivity index (χ0v) is 11.7. The molecular formula is C14H17ClN2O3. The molecule has 0 saturated carbocycles. The lowest BCUT2D eigenvalue weighted by atomic mass is 9.96. The summed E-state index contributed by atoms with van der Waals surface area (Å²) in [5, 5.41) is 15.0. The first kappa shape index (κ1) is 14.8. The number of hydrogen-bond donors (Lipinski definition) is 3. The lowest BCUT2D eigenvalue weighted by Gasteiger charge is -2.22. The van der Waals surface area contributed by atoms with Crippen molar-refractivity contribution in [2.45, 2.75) is 19.3 Å². The number of hydrogen-bond acceptors (Lipinski definition) is 3. The molecule has 1 aliphatic rings. The van der Waals surface area contributed by atoms with Gasteiger partial charge in [0.05, 0.1) is 10.6 Å². The second kappa shape index (κ2) is 6.72. The molecule has 1 aromatic carbocycles. The average Bonchev–Trinajstić information content (AvgIpc) is 2.39. The third-order valence-electron chi connectivity index (χ3n) is 3.36. The number of anilines is 1. The Morgan fingerprint density at radius 1 is 1.45 bits per heavy atom. The summed E-state index contributed by atoms with van der Waals surface area (Å²) in [6, 6.07) is 4.40. The number of carbonyl (C=O) groups is 2. The smallest absolute Gasteiger partial charge is 0.337 e. The van der Waals surface area contributed by atoms with Crippen LogP contribution >= 0.6 is 11.6 Å². The summed E-state index contributed by atoms with van der Waals surface area (Å²) in [5.41, 5.74) is 0.551. The summed E-state index contributed by atoms with van der Waals surface area (Å²) in [7, 11) is 0. The first-order chi connectivity index (χ1) is 9.56. The molecule has 1 amide bonds. The van der Waals surface area contributed by atoms with Crippen LogP contribution in [0.15, 0.2) is 18.2 Å². The molecule has 2 rings (SSSR count). The van der Waals surface area contributed by atoms with E-state index in [-0.39, 0.29) is 16.5 Å². The van der Waals surface area contributed by atoms with Gasteiger partial charge in [0.25, 0.3) is 0 Å². The number of carboxylic acids is 1. The van der Waals surface area contributed by atoms with E-state index in [9.17, 15) is 9.59 Å². The van der Waals surface area contributed by atoms with Gasteiger partial charge < -0.3 is 15.7 Å². The standard InChI is InChI=1S/C14H17ClN2O3/c15-12-7-10(3-4-11(12)14(19)20)17-13(18)6-9-2-1-5-16-8-9/h3-4,7,9,16H,1-2,5-6,8H2,(H,17,18)(H,19,20). The van der Waals surface area contributed by atoms with E-state index in [1.165, 1.54) is 12.1 Å². The van der Waals surface area contributed by atoms with Gasteiger partial charge in [-0.05, 0) is 50.0 Å². The Hall–Kier alpha value is -1.59. The number of benzene rings is 1. The normalized spacial score (nSPS) is 18.6. The summed E-state index contributed by atoms with van der Waals surface area (Å²) in [5.74, 6) is -0.795.